The molecule has 1 fully saturated rings. The molecule has 1 atom stereocenters. The van der Waals surface area contributed by atoms with E-state index in [0.717, 1.165) is 30.6 Å². The molecule has 0 amide bonds. The van der Waals surface area contributed by atoms with Crippen LogP contribution in [0.15, 0.2) is 24.8 Å². The minimum absolute atomic E-state index is 0.0578. The number of carbonyl (C=O) groups is 1. The van der Waals surface area contributed by atoms with Gasteiger partial charge in [0.25, 0.3) is 0 Å². The van der Waals surface area contributed by atoms with E-state index in [1.807, 2.05) is 13.1 Å². The summed E-state index contributed by atoms with van der Waals surface area (Å²) in [5.41, 5.74) is 0.637. The summed E-state index contributed by atoms with van der Waals surface area (Å²) < 4.78 is 18.3. The van der Waals surface area contributed by atoms with Gasteiger partial charge in [0.05, 0.1) is 26.7 Å². The van der Waals surface area contributed by atoms with Crippen molar-refractivity contribution in [3.63, 3.8) is 0 Å². The lowest BCUT2D eigenvalue weighted by atomic mass is 9.93. The molecule has 1 saturated heterocycles. The van der Waals surface area contributed by atoms with Crippen LogP contribution in [0.5, 0.6) is 17.2 Å². The Bertz CT molecular complexity index is 1080. The number of aryl methyl sites for hydroxylation is 1. The van der Waals surface area contributed by atoms with Crippen LogP contribution in [0, 0.1) is 5.92 Å². The number of aromatic nitrogens is 4. The van der Waals surface area contributed by atoms with Gasteiger partial charge in [0.15, 0.2) is 17.3 Å². The highest BCUT2D eigenvalue weighted by Crippen LogP contribution is 2.44. The standard InChI is InChI=1S/C21H25N5O4/c1-25-9-7-22-21(25)17(27)13-6-5-8-26(11-13)20-14-10-15(28-2)18(29-3)19(30-4)16(14)23-12-24-20/h7,9-10,12-13H,5-6,8,11H2,1-4H3. The van der Waals surface area contributed by atoms with E-state index >= 15 is 0 Å². The molecule has 3 heterocycles. The Morgan fingerprint density at radius 3 is 2.57 bits per heavy atom. The summed E-state index contributed by atoms with van der Waals surface area (Å²) in [4.78, 5) is 28.3. The highest BCUT2D eigenvalue weighted by Gasteiger charge is 2.31. The van der Waals surface area contributed by atoms with Crippen LogP contribution < -0.4 is 19.1 Å². The van der Waals surface area contributed by atoms with Gasteiger partial charge in [0, 0.05) is 38.4 Å². The summed E-state index contributed by atoms with van der Waals surface area (Å²) in [7, 11) is 6.55. The Morgan fingerprint density at radius 1 is 1.10 bits per heavy atom. The topological polar surface area (TPSA) is 91.6 Å². The number of imidazole rings is 1. The van der Waals surface area contributed by atoms with E-state index in [1.165, 1.54) is 6.33 Å². The molecule has 3 aromatic rings. The maximum absolute atomic E-state index is 13.0. The predicted octanol–water partition coefficient (Wildman–Crippen LogP) is 2.49. The van der Waals surface area contributed by atoms with Crippen molar-refractivity contribution in [2.24, 2.45) is 13.0 Å². The van der Waals surface area contributed by atoms with Crippen molar-refractivity contribution in [1.82, 2.24) is 19.5 Å². The number of fused-ring (bicyclic) bond motifs is 1. The van der Waals surface area contributed by atoms with Crippen molar-refractivity contribution in [1.29, 1.82) is 0 Å². The third-order valence-electron chi connectivity index (χ3n) is 5.54. The van der Waals surface area contributed by atoms with Gasteiger partial charge in [-0.2, -0.15) is 0 Å². The predicted molar refractivity (Wildman–Crippen MR) is 112 cm³/mol. The second-order valence-corrected chi connectivity index (χ2v) is 7.25. The Kier molecular flexibility index (Phi) is 5.43. The average Bonchev–Trinajstić information content (AvgIpc) is 3.22. The van der Waals surface area contributed by atoms with Crippen LogP contribution in [-0.4, -0.2) is 59.7 Å². The van der Waals surface area contributed by atoms with Crippen LogP contribution in [0.4, 0.5) is 5.82 Å². The fourth-order valence-corrected chi connectivity index (χ4v) is 4.07. The Labute approximate surface area is 174 Å². The van der Waals surface area contributed by atoms with E-state index in [4.69, 9.17) is 14.2 Å². The van der Waals surface area contributed by atoms with E-state index in [1.54, 1.807) is 38.3 Å². The largest absolute Gasteiger partial charge is 0.493 e. The van der Waals surface area contributed by atoms with Gasteiger partial charge >= 0.3 is 0 Å². The molecule has 0 radical (unpaired) electrons. The number of ether oxygens (including phenoxy) is 3. The zero-order chi connectivity index (χ0) is 21.3. The summed E-state index contributed by atoms with van der Waals surface area (Å²) in [5.74, 6) is 2.66. The third-order valence-corrected chi connectivity index (χ3v) is 5.54. The van der Waals surface area contributed by atoms with Gasteiger partial charge < -0.3 is 23.7 Å². The lowest BCUT2D eigenvalue weighted by Gasteiger charge is -2.33. The quantitative estimate of drug-likeness (QED) is 0.572. The van der Waals surface area contributed by atoms with Gasteiger partial charge in [-0.25, -0.2) is 15.0 Å². The van der Waals surface area contributed by atoms with Crippen molar-refractivity contribution < 1.29 is 19.0 Å². The molecular formula is C21H25N5O4. The SMILES string of the molecule is COc1cc2c(N3CCCC(C(=O)c4nccn4C)C3)ncnc2c(OC)c1OC. The highest BCUT2D eigenvalue weighted by molar-refractivity contribution is 5.98. The normalized spacial score (nSPS) is 16.5. The molecule has 0 N–H and O–H groups in total. The maximum atomic E-state index is 13.0. The van der Waals surface area contributed by atoms with Gasteiger partial charge in [0.2, 0.25) is 11.5 Å². The molecule has 1 unspecified atom stereocenters. The molecule has 4 rings (SSSR count). The molecule has 158 valence electrons. The number of carbonyl (C=O) groups excluding carboxylic acids is 1. The number of nitrogens with zero attached hydrogens (tertiary/aromatic N) is 5. The molecule has 1 aromatic carbocycles. The van der Waals surface area contributed by atoms with Gasteiger partial charge in [0.1, 0.15) is 17.7 Å². The summed E-state index contributed by atoms with van der Waals surface area (Å²) in [5, 5.41) is 0.789. The molecule has 2 aromatic heterocycles. The minimum Gasteiger partial charge on any atom is -0.493 e. The second-order valence-electron chi connectivity index (χ2n) is 7.25. The average molecular weight is 411 g/mol. The number of hydrogen-bond acceptors (Lipinski definition) is 8. The van der Waals surface area contributed by atoms with Crippen molar-refractivity contribution in [2.45, 2.75) is 12.8 Å². The summed E-state index contributed by atoms with van der Waals surface area (Å²) in [6.07, 6.45) is 6.66. The number of Topliss-reactive ketones (excluding diaryl/α,β-unsaturated/α-hetero) is 1. The van der Waals surface area contributed by atoms with Crippen molar-refractivity contribution in [3.8, 4) is 17.2 Å². The molecule has 9 heteroatoms. The highest BCUT2D eigenvalue weighted by atomic mass is 16.5. The van der Waals surface area contributed by atoms with Crippen LogP contribution in [-0.2, 0) is 7.05 Å². The van der Waals surface area contributed by atoms with Gasteiger partial charge in [-0.3, -0.25) is 4.79 Å². The summed E-state index contributed by atoms with van der Waals surface area (Å²) >= 11 is 0. The zero-order valence-electron chi connectivity index (χ0n) is 17.6. The maximum Gasteiger partial charge on any atom is 0.205 e. The fraction of sp³-hybridized carbons (Fsp3) is 0.429. The molecule has 0 saturated carbocycles. The Balaban J connectivity index is 1.74. The number of piperidine rings is 1. The van der Waals surface area contributed by atoms with Crippen molar-refractivity contribution in [3.05, 3.63) is 30.6 Å². The van der Waals surface area contributed by atoms with Crippen LogP contribution in [0.1, 0.15) is 23.5 Å². The summed E-state index contributed by atoms with van der Waals surface area (Å²) in [6, 6.07) is 1.86. The fourth-order valence-electron chi connectivity index (χ4n) is 4.07. The number of rotatable bonds is 6. The van der Waals surface area contributed by atoms with Gasteiger partial charge in [-0.15, -0.1) is 0 Å². The number of hydrogen-bond donors (Lipinski definition) is 0. The smallest absolute Gasteiger partial charge is 0.205 e. The molecule has 0 bridgehead atoms. The first-order valence-electron chi connectivity index (χ1n) is 9.79. The van der Waals surface area contributed by atoms with Gasteiger partial charge in [-0.05, 0) is 18.9 Å². The van der Waals surface area contributed by atoms with Crippen molar-refractivity contribution >= 4 is 22.5 Å². The third kappa shape index (κ3) is 3.30. The molecule has 30 heavy (non-hydrogen) atoms. The lowest BCUT2D eigenvalue weighted by Crippen LogP contribution is -2.40. The number of methoxy groups -OCH3 is 3. The first-order valence-corrected chi connectivity index (χ1v) is 9.79. The van der Waals surface area contributed by atoms with Crippen LogP contribution >= 0.6 is 0 Å². The van der Waals surface area contributed by atoms with E-state index in [-0.39, 0.29) is 11.7 Å². The van der Waals surface area contributed by atoms with E-state index < -0.39 is 0 Å². The van der Waals surface area contributed by atoms with E-state index in [2.05, 4.69) is 19.9 Å². The van der Waals surface area contributed by atoms with Crippen LogP contribution in [0.3, 0.4) is 0 Å². The number of benzene rings is 1. The first-order chi connectivity index (χ1) is 14.6. The molecule has 0 aliphatic carbocycles. The minimum atomic E-state index is -0.146. The molecule has 9 nitrogen and oxygen atoms in total. The van der Waals surface area contributed by atoms with E-state index in [9.17, 15) is 4.79 Å². The molecular weight excluding hydrogens is 386 g/mol. The Morgan fingerprint density at radius 2 is 1.90 bits per heavy atom. The van der Waals surface area contributed by atoms with Crippen LogP contribution in [0.2, 0.25) is 0 Å². The number of anilines is 1. The Hall–Kier alpha value is -3.36. The monoisotopic (exact) mass is 411 g/mol. The second kappa shape index (κ2) is 8.17. The molecule has 1 aliphatic heterocycles. The van der Waals surface area contributed by atoms with Crippen LogP contribution in [0.25, 0.3) is 10.9 Å². The molecule has 0 spiro atoms. The first kappa shape index (κ1) is 19.9. The van der Waals surface area contributed by atoms with E-state index in [0.29, 0.717) is 35.1 Å². The van der Waals surface area contributed by atoms with Crippen molar-refractivity contribution in [2.75, 3.05) is 39.3 Å². The van der Waals surface area contributed by atoms with Gasteiger partial charge in [-0.1, -0.05) is 0 Å². The summed E-state index contributed by atoms with van der Waals surface area (Å²) in [6.45, 7) is 1.36. The number of ketones is 1. The zero-order valence-corrected chi connectivity index (χ0v) is 17.6. The lowest BCUT2D eigenvalue weighted by molar-refractivity contribution is 0.0893. The molecule has 1 aliphatic rings.